The predicted octanol–water partition coefficient (Wildman–Crippen LogP) is 3.64. The van der Waals surface area contributed by atoms with E-state index in [0.29, 0.717) is 26.2 Å². The first-order chi connectivity index (χ1) is 14.5. The standard InChI is InChI=1S/C24H23F2N2OP/c25-18-14-27(15-18)20-6-4-10-23(12-20)30(29,22-8-2-1-3-9-22)24-11-5-7-21(13-24)28-16-19(26)17-28/h1-13,18-19H,14-17H2. The molecule has 0 radical (unpaired) electrons. The molecule has 30 heavy (non-hydrogen) atoms. The van der Waals surface area contributed by atoms with Crippen LogP contribution in [-0.2, 0) is 4.57 Å². The first-order valence-electron chi connectivity index (χ1n) is 10.2. The monoisotopic (exact) mass is 424 g/mol. The van der Waals surface area contributed by atoms with Gasteiger partial charge in [-0.05, 0) is 24.3 Å². The summed E-state index contributed by atoms with van der Waals surface area (Å²) in [5, 5.41) is 2.19. The van der Waals surface area contributed by atoms with Crippen LogP contribution in [0, 0.1) is 0 Å². The van der Waals surface area contributed by atoms with Gasteiger partial charge in [-0.15, -0.1) is 0 Å². The molecule has 2 fully saturated rings. The number of rotatable bonds is 5. The van der Waals surface area contributed by atoms with Crippen molar-refractivity contribution in [2.45, 2.75) is 12.3 Å². The SMILES string of the molecule is O=P(c1ccccc1)(c1cccc(N2CC(F)C2)c1)c1cccc(N2CC(F)C2)c1. The third kappa shape index (κ3) is 3.31. The van der Waals surface area contributed by atoms with Crippen LogP contribution in [0.5, 0.6) is 0 Å². The van der Waals surface area contributed by atoms with Crippen molar-refractivity contribution in [1.29, 1.82) is 0 Å². The second kappa shape index (κ2) is 7.55. The highest BCUT2D eigenvalue weighted by Gasteiger charge is 2.33. The second-order valence-electron chi connectivity index (χ2n) is 7.99. The van der Waals surface area contributed by atoms with Crippen LogP contribution in [0.1, 0.15) is 0 Å². The Labute approximate surface area is 175 Å². The summed E-state index contributed by atoms with van der Waals surface area (Å²) >= 11 is 0. The lowest BCUT2D eigenvalue weighted by Crippen LogP contribution is -2.48. The minimum absolute atomic E-state index is 0.369. The second-order valence-corrected chi connectivity index (χ2v) is 10.8. The third-order valence-electron chi connectivity index (χ3n) is 5.91. The molecule has 0 atom stereocenters. The number of anilines is 2. The molecule has 2 heterocycles. The van der Waals surface area contributed by atoms with E-state index in [0.717, 1.165) is 27.3 Å². The van der Waals surface area contributed by atoms with Gasteiger partial charge >= 0.3 is 0 Å². The Morgan fingerprint density at radius 1 is 0.633 bits per heavy atom. The van der Waals surface area contributed by atoms with Gasteiger partial charge in [-0.1, -0.05) is 54.6 Å². The van der Waals surface area contributed by atoms with Gasteiger partial charge in [0.25, 0.3) is 0 Å². The maximum absolute atomic E-state index is 14.7. The van der Waals surface area contributed by atoms with E-state index in [1.165, 1.54) is 0 Å². The third-order valence-corrected chi connectivity index (χ3v) is 8.95. The van der Waals surface area contributed by atoms with Crippen LogP contribution < -0.4 is 25.7 Å². The van der Waals surface area contributed by atoms with E-state index in [9.17, 15) is 13.3 Å². The first-order valence-corrected chi connectivity index (χ1v) is 11.9. The van der Waals surface area contributed by atoms with Gasteiger partial charge in [0, 0.05) is 27.3 Å². The molecular formula is C24H23F2N2OP. The molecule has 0 amide bonds. The number of benzene rings is 3. The summed E-state index contributed by atoms with van der Waals surface area (Å²) < 4.78 is 41.5. The quantitative estimate of drug-likeness (QED) is 0.585. The van der Waals surface area contributed by atoms with Gasteiger partial charge in [-0.3, -0.25) is 0 Å². The van der Waals surface area contributed by atoms with Crippen LogP contribution in [0.3, 0.4) is 0 Å². The molecule has 0 N–H and O–H groups in total. The molecule has 3 aromatic rings. The van der Waals surface area contributed by atoms with Crippen molar-refractivity contribution < 1.29 is 13.3 Å². The topological polar surface area (TPSA) is 23.6 Å². The summed E-state index contributed by atoms with van der Waals surface area (Å²) in [4.78, 5) is 3.92. The Hall–Kier alpha value is -2.65. The van der Waals surface area contributed by atoms with Crippen LogP contribution in [0.4, 0.5) is 20.2 Å². The van der Waals surface area contributed by atoms with Crippen molar-refractivity contribution >= 4 is 34.4 Å². The summed E-state index contributed by atoms with van der Waals surface area (Å²) in [5.74, 6) is 0. The van der Waals surface area contributed by atoms with Gasteiger partial charge in [-0.25, -0.2) is 8.78 Å². The number of nitrogens with zero attached hydrogens (tertiary/aromatic N) is 2. The van der Waals surface area contributed by atoms with Crippen molar-refractivity contribution in [2.75, 3.05) is 36.0 Å². The van der Waals surface area contributed by atoms with Crippen LogP contribution in [-0.4, -0.2) is 38.5 Å². The fraction of sp³-hybridized carbons (Fsp3) is 0.250. The molecule has 0 saturated carbocycles. The smallest absolute Gasteiger partial charge is 0.171 e. The fourth-order valence-corrected chi connectivity index (χ4v) is 6.83. The molecule has 2 saturated heterocycles. The minimum Gasteiger partial charge on any atom is -0.366 e. The Bertz CT molecular complexity index is 1030. The van der Waals surface area contributed by atoms with E-state index in [1.807, 2.05) is 88.7 Å². The molecule has 0 bridgehead atoms. The Morgan fingerprint density at radius 2 is 1.07 bits per heavy atom. The average molecular weight is 424 g/mol. The van der Waals surface area contributed by atoms with Gasteiger partial charge < -0.3 is 14.4 Å². The largest absolute Gasteiger partial charge is 0.366 e. The van der Waals surface area contributed by atoms with Crippen molar-refractivity contribution in [3.05, 3.63) is 78.9 Å². The molecule has 0 unspecified atom stereocenters. The van der Waals surface area contributed by atoms with Crippen LogP contribution >= 0.6 is 7.14 Å². The van der Waals surface area contributed by atoms with Crippen molar-refractivity contribution in [3.8, 4) is 0 Å². The molecule has 2 aliphatic heterocycles. The molecular weight excluding hydrogens is 401 g/mol. The van der Waals surface area contributed by atoms with Gasteiger partial charge in [-0.2, -0.15) is 0 Å². The number of hydrogen-bond acceptors (Lipinski definition) is 3. The van der Waals surface area contributed by atoms with Crippen LogP contribution in [0.15, 0.2) is 78.9 Å². The summed E-state index contributed by atoms with van der Waals surface area (Å²) in [6, 6.07) is 24.7. The highest BCUT2D eigenvalue weighted by molar-refractivity contribution is 7.85. The van der Waals surface area contributed by atoms with E-state index in [1.54, 1.807) is 0 Å². The van der Waals surface area contributed by atoms with Crippen molar-refractivity contribution in [3.63, 3.8) is 0 Å². The predicted molar refractivity (Wildman–Crippen MR) is 120 cm³/mol. The zero-order valence-corrected chi connectivity index (χ0v) is 17.4. The molecule has 0 aromatic heterocycles. The molecule has 5 rings (SSSR count). The summed E-state index contributed by atoms with van der Waals surface area (Å²) in [6.07, 6.45) is -1.61. The lowest BCUT2D eigenvalue weighted by molar-refractivity contribution is 0.274. The Kier molecular flexibility index (Phi) is 4.86. The number of halogens is 2. The fourth-order valence-electron chi connectivity index (χ4n) is 4.13. The average Bonchev–Trinajstić information content (AvgIpc) is 2.75. The first kappa shape index (κ1) is 19.3. The van der Waals surface area contributed by atoms with Crippen molar-refractivity contribution in [2.24, 2.45) is 0 Å². The van der Waals surface area contributed by atoms with E-state index in [-0.39, 0.29) is 0 Å². The summed E-state index contributed by atoms with van der Waals surface area (Å²) in [5.41, 5.74) is 1.77. The minimum atomic E-state index is -3.15. The molecule has 154 valence electrons. The zero-order chi connectivity index (χ0) is 20.7. The maximum Gasteiger partial charge on any atom is 0.171 e. The van der Waals surface area contributed by atoms with Gasteiger partial charge in [0.15, 0.2) is 7.14 Å². The van der Waals surface area contributed by atoms with E-state index in [2.05, 4.69) is 0 Å². The Balaban J connectivity index is 1.60. The van der Waals surface area contributed by atoms with E-state index in [4.69, 9.17) is 0 Å². The number of hydrogen-bond donors (Lipinski definition) is 0. The van der Waals surface area contributed by atoms with Gasteiger partial charge in [0.05, 0.1) is 26.2 Å². The summed E-state index contributed by atoms with van der Waals surface area (Å²) in [6.45, 7) is 1.48. The summed E-state index contributed by atoms with van der Waals surface area (Å²) in [7, 11) is -3.15. The highest BCUT2D eigenvalue weighted by Crippen LogP contribution is 2.44. The zero-order valence-electron chi connectivity index (χ0n) is 16.5. The molecule has 3 nitrogen and oxygen atoms in total. The number of alkyl halides is 2. The van der Waals surface area contributed by atoms with E-state index >= 15 is 0 Å². The molecule has 0 aliphatic carbocycles. The lowest BCUT2D eigenvalue weighted by atomic mass is 10.1. The normalized spacial score (nSPS) is 17.5. The molecule has 2 aliphatic rings. The van der Waals surface area contributed by atoms with Crippen LogP contribution in [0.2, 0.25) is 0 Å². The molecule has 6 heteroatoms. The van der Waals surface area contributed by atoms with E-state index < -0.39 is 19.5 Å². The highest BCUT2D eigenvalue weighted by atomic mass is 31.2. The maximum atomic E-state index is 14.7. The van der Waals surface area contributed by atoms with Crippen LogP contribution in [0.25, 0.3) is 0 Å². The molecule has 3 aromatic carbocycles. The Morgan fingerprint density at radius 3 is 1.50 bits per heavy atom. The van der Waals surface area contributed by atoms with Gasteiger partial charge in [0.1, 0.15) is 12.3 Å². The molecule has 0 spiro atoms. The van der Waals surface area contributed by atoms with Crippen molar-refractivity contribution in [1.82, 2.24) is 0 Å². The van der Waals surface area contributed by atoms with Gasteiger partial charge in [0.2, 0.25) is 0 Å². The lowest BCUT2D eigenvalue weighted by Gasteiger charge is -2.37.